The molecule has 0 bridgehead atoms. The first-order valence-electron chi connectivity index (χ1n) is 6.67. The van der Waals surface area contributed by atoms with E-state index in [-0.39, 0.29) is 34.6 Å². The Balaban J connectivity index is 0.000000615. The van der Waals surface area contributed by atoms with E-state index in [9.17, 15) is 0 Å². The molecular weight excluding hydrogens is 520 g/mol. The molecule has 0 spiro atoms. The summed E-state index contributed by atoms with van der Waals surface area (Å²) in [6.45, 7) is 0. The van der Waals surface area contributed by atoms with Gasteiger partial charge in [0.15, 0.2) is 0 Å². The maximum absolute atomic E-state index is 4.85. The summed E-state index contributed by atoms with van der Waals surface area (Å²) in [4.78, 5) is 0. The maximum atomic E-state index is 4.85. The number of rotatable bonds is 3. The van der Waals surface area contributed by atoms with E-state index in [1.807, 2.05) is 0 Å². The second kappa shape index (κ2) is 12.3. The Hall–Kier alpha value is -0.0832. The van der Waals surface area contributed by atoms with Gasteiger partial charge in [-0.1, -0.05) is 91.0 Å². The third-order valence-electron chi connectivity index (χ3n) is 3.04. The molecule has 0 aliphatic carbocycles. The molecule has 5 heteroatoms. The SMILES string of the molecule is [Cl][Ru][Cl].[Ru].c1ccc(P(c2ccccc2)c2ccccc2)cc1. The van der Waals surface area contributed by atoms with E-state index < -0.39 is 7.92 Å². The van der Waals surface area contributed by atoms with Gasteiger partial charge in [-0.15, -0.1) is 0 Å². The topological polar surface area (TPSA) is 0 Å². The van der Waals surface area contributed by atoms with Crippen LogP contribution < -0.4 is 15.9 Å². The quantitative estimate of drug-likeness (QED) is 0.334. The van der Waals surface area contributed by atoms with Crippen LogP contribution in [0.2, 0.25) is 0 Å². The van der Waals surface area contributed by atoms with Crippen LogP contribution in [0.25, 0.3) is 0 Å². The molecule has 3 aromatic rings. The van der Waals surface area contributed by atoms with E-state index in [0.717, 1.165) is 0 Å². The molecule has 3 rings (SSSR count). The summed E-state index contributed by atoms with van der Waals surface area (Å²) in [5.74, 6) is 0. The molecule has 0 N–H and O–H groups in total. The first kappa shape index (κ1) is 21.0. The van der Waals surface area contributed by atoms with Gasteiger partial charge in [0.25, 0.3) is 0 Å². The fourth-order valence-corrected chi connectivity index (χ4v) is 4.48. The van der Waals surface area contributed by atoms with Gasteiger partial charge in [-0.3, -0.25) is 0 Å². The average molecular weight is 535 g/mol. The largest absolute Gasteiger partial charge is 0.0622 e. The van der Waals surface area contributed by atoms with Crippen LogP contribution in [0.1, 0.15) is 0 Å². The van der Waals surface area contributed by atoms with Crippen molar-refractivity contribution in [3.63, 3.8) is 0 Å². The van der Waals surface area contributed by atoms with Crippen LogP contribution in [0.5, 0.6) is 0 Å². The summed E-state index contributed by atoms with van der Waals surface area (Å²) in [6.07, 6.45) is 0. The molecule has 0 fully saturated rings. The van der Waals surface area contributed by atoms with Gasteiger partial charge in [0.2, 0.25) is 0 Å². The average Bonchev–Trinajstić information content (AvgIpc) is 2.59. The van der Waals surface area contributed by atoms with Crippen molar-refractivity contribution in [1.29, 1.82) is 0 Å². The molecule has 23 heavy (non-hydrogen) atoms. The zero-order valence-electron chi connectivity index (χ0n) is 12.1. The minimum Gasteiger partial charge on any atom is -0.0622 e. The summed E-state index contributed by atoms with van der Waals surface area (Å²) in [5.41, 5.74) is 0. The van der Waals surface area contributed by atoms with Crippen LogP contribution in [0.3, 0.4) is 0 Å². The Morgan fingerprint density at radius 2 is 0.739 bits per heavy atom. The van der Waals surface area contributed by atoms with Gasteiger partial charge in [-0.05, 0) is 23.8 Å². The monoisotopic (exact) mass is 536 g/mol. The zero-order valence-corrected chi connectivity index (χ0v) is 18.0. The minimum atomic E-state index is -0.446. The van der Waals surface area contributed by atoms with Gasteiger partial charge in [0.05, 0.1) is 0 Å². The van der Waals surface area contributed by atoms with Crippen molar-refractivity contribution in [3.8, 4) is 0 Å². The Kier molecular flexibility index (Phi) is 11.2. The summed E-state index contributed by atoms with van der Waals surface area (Å²) >= 11 is -0.346. The van der Waals surface area contributed by atoms with Gasteiger partial charge in [-0.25, -0.2) is 0 Å². The van der Waals surface area contributed by atoms with Crippen molar-refractivity contribution in [2.24, 2.45) is 0 Å². The van der Waals surface area contributed by atoms with E-state index in [1.54, 1.807) is 0 Å². The van der Waals surface area contributed by atoms with Crippen molar-refractivity contribution < 1.29 is 34.6 Å². The summed E-state index contributed by atoms with van der Waals surface area (Å²) < 4.78 is 0. The van der Waals surface area contributed by atoms with Crippen LogP contribution in [-0.2, 0) is 34.6 Å². The van der Waals surface area contributed by atoms with Crippen LogP contribution in [0.4, 0.5) is 0 Å². The van der Waals surface area contributed by atoms with Crippen molar-refractivity contribution >= 4 is 43.2 Å². The Bertz CT molecular complexity index is 558. The van der Waals surface area contributed by atoms with Crippen LogP contribution in [0.15, 0.2) is 91.0 Å². The predicted octanol–water partition coefficient (Wildman–Crippen LogP) is 4.82. The molecule has 0 aliphatic heterocycles. The Morgan fingerprint density at radius 3 is 0.957 bits per heavy atom. The molecule has 0 saturated carbocycles. The fourth-order valence-electron chi connectivity index (χ4n) is 2.18. The van der Waals surface area contributed by atoms with Crippen LogP contribution in [-0.4, -0.2) is 0 Å². The van der Waals surface area contributed by atoms with Crippen molar-refractivity contribution in [2.45, 2.75) is 0 Å². The van der Waals surface area contributed by atoms with Crippen LogP contribution >= 0.6 is 27.3 Å². The van der Waals surface area contributed by atoms with Gasteiger partial charge in [0.1, 0.15) is 0 Å². The Labute approximate surface area is 167 Å². The molecule has 3 aromatic carbocycles. The minimum absolute atomic E-state index is 0. The van der Waals surface area contributed by atoms with Crippen molar-refractivity contribution in [1.82, 2.24) is 0 Å². The molecule has 0 radical (unpaired) electrons. The molecule has 0 nitrogen and oxygen atoms in total. The van der Waals surface area contributed by atoms with E-state index >= 15 is 0 Å². The summed E-state index contributed by atoms with van der Waals surface area (Å²) in [5, 5.41) is 4.19. The molecular formula is C18H15Cl2PRu2. The first-order chi connectivity index (χ1) is 10.9. The van der Waals surface area contributed by atoms with E-state index in [4.69, 9.17) is 19.4 Å². The molecule has 122 valence electrons. The standard InChI is InChI=1S/C18H15P.2ClH.2Ru/c1-4-10-16(11-5-1)19(17-12-6-2-7-13-17)18-14-8-3-9-15-18;;;;/h1-15H;2*1H;;/q;;;;+2/p-2. The molecule has 0 atom stereocenters. The number of hydrogen-bond acceptors (Lipinski definition) is 0. The maximum Gasteiger partial charge on any atom is 0 e. The first-order valence-corrected chi connectivity index (χ1v) is 12.5. The zero-order chi connectivity index (χ0) is 15.6. The summed E-state index contributed by atoms with van der Waals surface area (Å²) in [7, 11) is 9.26. The third-order valence-corrected chi connectivity index (χ3v) is 5.49. The molecule has 0 unspecified atom stereocenters. The van der Waals surface area contributed by atoms with Gasteiger partial charge < -0.3 is 0 Å². The molecule has 0 heterocycles. The van der Waals surface area contributed by atoms with Gasteiger partial charge in [-0.2, -0.15) is 0 Å². The van der Waals surface area contributed by atoms with Crippen molar-refractivity contribution in [2.75, 3.05) is 0 Å². The molecule has 0 amide bonds. The molecule has 0 aromatic heterocycles. The number of hydrogen-bond donors (Lipinski definition) is 0. The normalized spacial score (nSPS) is 9.70. The Morgan fingerprint density at radius 1 is 0.522 bits per heavy atom. The van der Waals surface area contributed by atoms with E-state index in [2.05, 4.69) is 91.0 Å². The second-order valence-electron chi connectivity index (χ2n) is 4.39. The van der Waals surface area contributed by atoms with E-state index in [0.29, 0.717) is 0 Å². The number of benzene rings is 3. The third kappa shape index (κ3) is 6.74. The van der Waals surface area contributed by atoms with Gasteiger partial charge in [0, 0.05) is 19.5 Å². The van der Waals surface area contributed by atoms with Gasteiger partial charge >= 0.3 is 34.5 Å². The fraction of sp³-hybridized carbons (Fsp3) is 0. The van der Waals surface area contributed by atoms with E-state index in [1.165, 1.54) is 15.9 Å². The molecule has 0 saturated heterocycles. The smallest absolute Gasteiger partial charge is 0 e. The second-order valence-corrected chi connectivity index (χ2v) is 9.25. The van der Waals surface area contributed by atoms with Crippen LogP contribution in [0, 0.1) is 0 Å². The van der Waals surface area contributed by atoms with Crippen molar-refractivity contribution in [3.05, 3.63) is 91.0 Å². The molecule has 0 aliphatic rings. The number of halogens is 2. The predicted molar refractivity (Wildman–Crippen MR) is 96.9 cm³/mol. The summed E-state index contributed by atoms with van der Waals surface area (Å²) in [6, 6.07) is 32.3.